The standard InChI is InChI=1S/C15H16N2O/c1-17-11-8-13(16-17)14(18)15(9-5-10-15)12-6-3-2-4-7-12/h2-4,6-8,11H,5,9-10H2,1H3. The first-order valence-corrected chi connectivity index (χ1v) is 6.32. The summed E-state index contributed by atoms with van der Waals surface area (Å²) in [5.74, 6) is 0.167. The van der Waals surface area contributed by atoms with E-state index in [2.05, 4.69) is 17.2 Å². The number of hydrogen-bond donors (Lipinski definition) is 0. The molecule has 1 aromatic heterocycles. The highest BCUT2D eigenvalue weighted by molar-refractivity contribution is 6.03. The van der Waals surface area contributed by atoms with Crippen LogP contribution in [0.2, 0.25) is 0 Å². The number of hydrogen-bond acceptors (Lipinski definition) is 2. The van der Waals surface area contributed by atoms with E-state index >= 15 is 0 Å². The van der Waals surface area contributed by atoms with Gasteiger partial charge in [-0.25, -0.2) is 0 Å². The maximum absolute atomic E-state index is 12.7. The minimum absolute atomic E-state index is 0.167. The van der Waals surface area contributed by atoms with Gasteiger partial charge in [0.25, 0.3) is 0 Å². The Morgan fingerprint density at radius 1 is 1.22 bits per heavy atom. The van der Waals surface area contributed by atoms with E-state index in [1.54, 1.807) is 4.68 Å². The lowest BCUT2D eigenvalue weighted by Crippen LogP contribution is -2.42. The van der Waals surface area contributed by atoms with Gasteiger partial charge in [0.05, 0.1) is 5.41 Å². The normalized spacial score (nSPS) is 17.2. The molecule has 3 nitrogen and oxygen atoms in total. The van der Waals surface area contributed by atoms with E-state index in [4.69, 9.17) is 0 Å². The van der Waals surface area contributed by atoms with Crippen LogP contribution in [-0.2, 0) is 12.5 Å². The molecule has 3 rings (SSSR count). The van der Waals surface area contributed by atoms with Gasteiger partial charge in [0.2, 0.25) is 0 Å². The zero-order chi connectivity index (χ0) is 12.6. The second-order valence-corrected chi connectivity index (χ2v) is 5.01. The molecule has 18 heavy (non-hydrogen) atoms. The highest BCUT2D eigenvalue weighted by Crippen LogP contribution is 2.45. The van der Waals surface area contributed by atoms with Crippen LogP contribution in [0.5, 0.6) is 0 Å². The molecule has 0 bridgehead atoms. The highest BCUT2D eigenvalue weighted by atomic mass is 16.1. The molecular weight excluding hydrogens is 224 g/mol. The van der Waals surface area contributed by atoms with Crippen molar-refractivity contribution < 1.29 is 4.79 Å². The van der Waals surface area contributed by atoms with Gasteiger partial charge in [0.1, 0.15) is 5.69 Å². The van der Waals surface area contributed by atoms with Crippen LogP contribution in [0.15, 0.2) is 42.6 Å². The van der Waals surface area contributed by atoms with Crippen molar-refractivity contribution in [3.63, 3.8) is 0 Å². The van der Waals surface area contributed by atoms with Crippen LogP contribution in [-0.4, -0.2) is 15.6 Å². The SMILES string of the molecule is Cn1ccc(C(=O)C2(c3ccccc3)CCC2)n1. The van der Waals surface area contributed by atoms with Crippen molar-refractivity contribution in [3.8, 4) is 0 Å². The molecule has 0 N–H and O–H groups in total. The molecule has 1 fully saturated rings. The third-order valence-electron chi connectivity index (χ3n) is 3.91. The fraction of sp³-hybridized carbons (Fsp3) is 0.333. The minimum atomic E-state index is -0.324. The maximum Gasteiger partial charge on any atom is 0.193 e. The molecule has 0 spiro atoms. The summed E-state index contributed by atoms with van der Waals surface area (Å²) in [7, 11) is 1.84. The summed E-state index contributed by atoms with van der Waals surface area (Å²) in [5.41, 5.74) is 1.39. The van der Waals surface area contributed by atoms with Gasteiger partial charge in [0.15, 0.2) is 5.78 Å². The number of rotatable bonds is 3. The highest BCUT2D eigenvalue weighted by Gasteiger charge is 2.46. The number of ketones is 1. The first-order chi connectivity index (χ1) is 8.72. The summed E-state index contributed by atoms with van der Waals surface area (Å²) in [6.45, 7) is 0. The first kappa shape index (κ1) is 11.2. The van der Waals surface area contributed by atoms with Crippen LogP contribution in [0.3, 0.4) is 0 Å². The van der Waals surface area contributed by atoms with Gasteiger partial charge in [-0.15, -0.1) is 0 Å². The summed E-state index contributed by atoms with van der Waals surface area (Å²) in [6, 6.07) is 11.9. The molecule has 3 heteroatoms. The van der Waals surface area contributed by atoms with Crippen molar-refractivity contribution in [3.05, 3.63) is 53.9 Å². The van der Waals surface area contributed by atoms with E-state index in [0.717, 1.165) is 24.8 Å². The molecular formula is C15H16N2O. The van der Waals surface area contributed by atoms with Gasteiger partial charge in [-0.1, -0.05) is 36.8 Å². The number of Topliss-reactive ketones (excluding diaryl/α,β-unsaturated/α-hetero) is 1. The van der Waals surface area contributed by atoms with Crippen molar-refractivity contribution >= 4 is 5.78 Å². The molecule has 0 saturated heterocycles. The zero-order valence-electron chi connectivity index (χ0n) is 10.5. The molecule has 1 aliphatic rings. The molecule has 1 aromatic carbocycles. The Hall–Kier alpha value is -1.90. The molecule has 92 valence electrons. The topological polar surface area (TPSA) is 34.9 Å². The first-order valence-electron chi connectivity index (χ1n) is 6.32. The number of benzene rings is 1. The quantitative estimate of drug-likeness (QED) is 0.773. The Morgan fingerprint density at radius 3 is 2.44 bits per heavy atom. The molecule has 1 saturated carbocycles. The monoisotopic (exact) mass is 240 g/mol. The zero-order valence-corrected chi connectivity index (χ0v) is 10.5. The Bertz CT molecular complexity index is 567. The van der Waals surface area contributed by atoms with Crippen molar-refractivity contribution in [2.75, 3.05) is 0 Å². The van der Waals surface area contributed by atoms with Crippen molar-refractivity contribution in [2.24, 2.45) is 7.05 Å². The van der Waals surface area contributed by atoms with Gasteiger partial charge < -0.3 is 0 Å². The molecule has 0 unspecified atom stereocenters. The number of aromatic nitrogens is 2. The van der Waals surface area contributed by atoms with Gasteiger partial charge in [-0.3, -0.25) is 9.48 Å². The largest absolute Gasteiger partial charge is 0.291 e. The predicted octanol–water partition coefficient (Wildman–Crippen LogP) is 2.72. The molecule has 2 aromatic rings. The Morgan fingerprint density at radius 2 is 1.94 bits per heavy atom. The Balaban J connectivity index is 2.00. The summed E-state index contributed by atoms with van der Waals surface area (Å²) < 4.78 is 1.69. The van der Waals surface area contributed by atoms with Crippen molar-refractivity contribution in [2.45, 2.75) is 24.7 Å². The lowest BCUT2D eigenvalue weighted by molar-refractivity contribution is 0.0782. The van der Waals surface area contributed by atoms with Gasteiger partial charge in [-0.2, -0.15) is 5.10 Å². The summed E-state index contributed by atoms with van der Waals surface area (Å²) in [6.07, 6.45) is 4.82. The molecule has 0 amide bonds. The Labute approximate surface area is 106 Å². The van der Waals surface area contributed by atoms with Gasteiger partial charge in [-0.05, 0) is 24.5 Å². The number of carbonyl (C=O) groups is 1. The molecule has 0 atom stereocenters. The van der Waals surface area contributed by atoms with Crippen molar-refractivity contribution in [1.82, 2.24) is 9.78 Å². The molecule has 0 radical (unpaired) electrons. The summed E-state index contributed by atoms with van der Waals surface area (Å²) in [5, 5.41) is 4.25. The van der Waals surface area contributed by atoms with E-state index in [1.165, 1.54) is 0 Å². The lowest BCUT2D eigenvalue weighted by atomic mass is 9.61. The van der Waals surface area contributed by atoms with E-state index < -0.39 is 0 Å². The lowest BCUT2D eigenvalue weighted by Gasteiger charge is -2.40. The third kappa shape index (κ3) is 1.58. The number of carbonyl (C=O) groups excluding carboxylic acids is 1. The number of nitrogens with zero attached hydrogens (tertiary/aromatic N) is 2. The minimum Gasteiger partial charge on any atom is -0.291 e. The van der Waals surface area contributed by atoms with Crippen LogP contribution in [0.1, 0.15) is 35.3 Å². The average Bonchev–Trinajstić information content (AvgIpc) is 2.76. The van der Waals surface area contributed by atoms with E-state index in [0.29, 0.717) is 5.69 Å². The molecule has 1 heterocycles. The maximum atomic E-state index is 12.7. The van der Waals surface area contributed by atoms with Gasteiger partial charge >= 0.3 is 0 Å². The van der Waals surface area contributed by atoms with E-state index in [-0.39, 0.29) is 11.2 Å². The van der Waals surface area contributed by atoms with Crippen LogP contribution in [0, 0.1) is 0 Å². The number of aryl methyl sites for hydroxylation is 1. The van der Waals surface area contributed by atoms with Crippen LogP contribution < -0.4 is 0 Å². The fourth-order valence-corrected chi connectivity index (χ4v) is 2.72. The van der Waals surface area contributed by atoms with E-state index in [1.807, 2.05) is 37.5 Å². The predicted molar refractivity (Wildman–Crippen MR) is 69.5 cm³/mol. The van der Waals surface area contributed by atoms with Crippen molar-refractivity contribution in [1.29, 1.82) is 0 Å². The second kappa shape index (κ2) is 4.09. The Kier molecular flexibility index (Phi) is 2.54. The van der Waals surface area contributed by atoms with Crippen LogP contribution in [0.25, 0.3) is 0 Å². The fourth-order valence-electron chi connectivity index (χ4n) is 2.72. The smallest absolute Gasteiger partial charge is 0.193 e. The van der Waals surface area contributed by atoms with Crippen LogP contribution in [0.4, 0.5) is 0 Å². The molecule has 0 aliphatic heterocycles. The second-order valence-electron chi connectivity index (χ2n) is 5.01. The summed E-state index contributed by atoms with van der Waals surface area (Å²) in [4.78, 5) is 12.7. The average molecular weight is 240 g/mol. The van der Waals surface area contributed by atoms with E-state index in [9.17, 15) is 4.79 Å². The summed E-state index contributed by atoms with van der Waals surface area (Å²) >= 11 is 0. The third-order valence-corrected chi connectivity index (χ3v) is 3.91. The van der Waals surface area contributed by atoms with Crippen LogP contribution >= 0.6 is 0 Å². The van der Waals surface area contributed by atoms with Gasteiger partial charge in [0, 0.05) is 13.2 Å². The molecule has 1 aliphatic carbocycles.